The van der Waals surface area contributed by atoms with Gasteiger partial charge in [-0.05, 0) is 65.4 Å². The van der Waals surface area contributed by atoms with Crippen LogP contribution in [-0.2, 0) is 7.05 Å². The van der Waals surface area contributed by atoms with Crippen molar-refractivity contribution in [3.05, 3.63) is 68.9 Å². The van der Waals surface area contributed by atoms with Crippen LogP contribution < -0.4 is 10.2 Å². The molecule has 0 spiro atoms. The summed E-state index contributed by atoms with van der Waals surface area (Å²) in [5.74, 6) is 0.0848. The van der Waals surface area contributed by atoms with Crippen LogP contribution in [0.3, 0.4) is 0 Å². The van der Waals surface area contributed by atoms with Crippen LogP contribution in [0.1, 0.15) is 32.2 Å². The molecule has 1 aromatic carbocycles. The van der Waals surface area contributed by atoms with Crippen molar-refractivity contribution in [2.24, 2.45) is 12.1 Å². The van der Waals surface area contributed by atoms with Gasteiger partial charge < -0.3 is 9.15 Å². The van der Waals surface area contributed by atoms with Crippen molar-refractivity contribution < 1.29 is 18.7 Å². The van der Waals surface area contributed by atoms with Crippen LogP contribution in [0.25, 0.3) is 0 Å². The molecule has 1 amide bonds. The van der Waals surface area contributed by atoms with Crippen LogP contribution in [0.2, 0.25) is 0 Å². The highest BCUT2D eigenvalue weighted by Crippen LogP contribution is 2.16. The number of carbonyl (C=O) groups is 2. The minimum Gasteiger partial charge on any atom is -0.469 e. The van der Waals surface area contributed by atoms with E-state index in [4.69, 9.17) is 9.15 Å². The Bertz CT molecular complexity index is 985. The monoisotopic (exact) mass is 478 g/mol. The van der Waals surface area contributed by atoms with E-state index in [9.17, 15) is 9.59 Å². The largest absolute Gasteiger partial charge is 0.469 e. The SMILES string of the molecule is Cc1occc1C(=O)N/N=C\c1ccc(OC(=O)c2c(I)cnn2C)cc1. The predicted molar refractivity (Wildman–Crippen MR) is 106 cm³/mol. The highest BCUT2D eigenvalue weighted by atomic mass is 127. The van der Waals surface area contributed by atoms with Gasteiger partial charge in [-0.25, -0.2) is 10.2 Å². The van der Waals surface area contributed by atoms with Crippen molar-refractivity contribution >= 4 is 40.7 Å². The minimum atomic E-state index is -0.483. The number of carbonyl (C=O) groups excluding carboxylic acids is 2. The lowest BCUT2D eigenvalue weighted by Crippen LogP contribution is -2.17. The van der Waals surface area contributed by atoms with Gasteiger partial charge in [-0.15, -0.1) is 0 Å². The summed E-state index contributed by atoms with van der Waals surface area (Å²) in [5.41, 5.74) is 3.97. The van der Waals surface area contributed by atoms with Crippen LogP contribution in [0.5, 0.6) is 5.75 Å². The number of nitrogens with zero attached hydrogens (tertiary/aromatic N) is 3. The Labute approximate surface area is 168 Å². The second-order valence-corrected chi connectivity index (χ2v) is 6.68. The number of ether oxygens (including phenoxy) is 1. The number of benzene rings is 1. The van der Waals surface area contributed by atoms with Crippen LogP contribution in [0.15, 0.2) is 52.3 Å². The zero-order valence-corrected chi connectivity index (χ0v) is 16.6. The number of furan rings is 1. The summed E-state index contributed by atoms with van der Waals surface area (Å²) in [5, 5.41) is 7.92. The van der Waals surface area contributed by atoms with Crippen LogP contribution in [0.4, 0.5) is 0 Å². The predicted octanol–water partition coefficient (Wildman–Crippen LogP) is 2.91. The van der Waals surface area contributed by atoms with Gasteiger partial charge in [0, 0.05) is 7.05 Å². The molecular formula is C18H15IN4O4. The summed E-state index contributed by atoms with van der Waals surface area (Å²) in [6.45, 7) is 1.70. The van der Waals surface area contributed by atoms with Crippen LogP contribution in [0, 0.1) is 10.5 Å². The zero-order valence-electron chi connectivity index (χ0n) is 14.5. The number of rotatable bonds is 5. The van der Waals surface area contributed by atoms with Crippen molar-refractivity contribution in [1.82, 2.24) is 15.2 Å². The average molecular weight is 478 g/mol. The molecule has 0 aliphatic heterocycles. The van der Waals surface area contributed by atoms with E-state index >= 15 is 0 Å². The first-order chi connectivity index (χ1) is 13.0. The molecule has 0 saturated heterocycles. The molecule has 0 fully saturated rings. The summed E-state index contributed by atoms with van der Waals surface area (Å²) in [6.07, 6.45) is 4.53. The number of hydrazone groups is 1. The Morgan fingerprint density at radius 1 is 1.30 bits per heavy atom. The third kappa shape index (κ3) is 4.42. The van der Waals surface area contributed by atoms with E-state index in [2.05, 4.69) is 15.6 Å². The van der Waals surface area contributed by atoms with Crippen molar-refractivity contribution in [1.29, 1.82) is 0 Å². The first-order valence-corrected chi connectivity index (χ1v) is 8.91. The van der Waals surface area contributed by atoms with E-state index < -0.39 is 5.97 Å². The number of hydrogen-bond acceptors (Lipinski definition) is 6. The molecule has 138 valence electrons. The number of amides is 1. The number of esters is 1. The minimum absolute atomic E-state index is 0.353. The highest BCUT2D eigenvalue weighted by molar-refractivity contribution is 14.1. The van der Waals surface area contributed by atoms with E-state index in [1.165, 1.54) is 17.2 Å². The fourth-order valence-corrected chi connectivity index (χ4v) is 2.96. The third-order valence-electron chi connectivity index (χ3n) is 3.66. The molecule has 0 unspecified atom stereocenters. The Balaban J connectivity index is 1.59. The van der Waals surface area contributed by atoms with Gasteiger partial charge in [-0.2, -0.15) is 10.2 Å². The summed E-state index contributed by atoms with van der Waals surface area (Å²) in [6, 6.07) is 8.30. The molecule has 0 aliphatic rings. The van der Waals surface area contributed by atoms with Crippen molar-refractivity contribution in [2.75, 3.05) is 0 Å². The van der Waals surface area contributed by atoms with Gasteiger partial charge in [0.2, 0.25) is 0 Å². The molecule has 27 heavy (non-hydrogen) atoms. The van der Waals surface area contributed by atoms with Gasteiger partial charge in [0.1, 0.15) is 11.5 Å². The molecule has 8 nitrogen and oxygen atoms in total. The van der Waals surface area contributed by atoms with Gasteiger partial charge >= 0.3 is 5.97 Å². The maximum atomic E-state index is 12.2. The normalized spacial score (nSPS) is 10.9. The second-order valence-electron chi connectivity index (χ2n) is 5.51. The number of halogens is 1. The molecule has 0 bridgehead atoms. The van der Waals surface area contributed by atoms with E-state index in [-0.39, 0.29) is 5.91 Å². The maximum Gasteiger partial charge on any atom is 0.363 e. The lowest BCUT2D eigenvalue weighted by atomic mass is 10.2. The Hall–Kier alpha value is -2.95. The molecule has 1 N–H and O–H groups in total. The van der Waals surface area contributed by atoms with Gasteiger partial charge in [0.05, 0.1) is 27.8 Å². The van der Waals surface area contributed by atoms with E-state index in [0.29, 0.717) is 26.3 Å². The van der Waals surface area contributed by atoms with Gasteiger partial charge in [-0.1, -0.05) is 0 Å². The lowest BCUT2D eigenvalue weighted by molar-refractivity contribution is 0.0721. The highest BCUT2D eigenvalue weighted by Gasteiger charge is 2.17. The molecule has 3 rings (SSSR count). The number of aromatic nitrogens is 2. The number of nitrogens with one attached hydrogen (secondary N) is 1. The third-order valence-corrected chi connectivity index (χ3v) is 4.45. The first kappa shape index (κ1) is 18.8. The van der Waals surface area contributed by atoms with E-state index in [1.807, 2.05) is 22.6 Å². The van der Waals surface area contributed by atoms with Crippen molar-refractivity contribution in [2.45, 2.75) is 6.92 Å². The molecule has 3 aromatic rings. The Kier molecular flexibility index (Phi) is 5.69. The van der Waals surface area contributed by atoms with Crippen LogP contribution >= 0.6 is 22.6 Å². The van der Waals surface area contributed by atoms with Gasteiger partial charge in [-0.3, -0.25) is 9.48 Å². The first-order valence-electron chi connectivity index (χ1n) is 7.83. The van der Waals surface area contributed by atoms with Crippen molar-refractivity contribution in [3.63, 3.8) is 0 Å². The van der Waals surface area contributed by atoms with E-state index in [1.54, 1.807) is 50.5 Å². The quantitative estimate of drug-likeness (QED) is 0.200. The Morgan fingerprint density at radius 3 is 2.63 bits per heavy atom. The molecule has 0 atom stereocenters. The lowest BCUT2D eigenvalue weighted by Gasteiger charge is -2.05. The maximum absolute atomic E-state index is 12.2. The topological polar surface area (TPSA) is 98.7 Å². The molecule has 9 heteroatoms. The van der Waals surface area contributed by atoms with Crippen molar-refractivity contribution in [3.8, 4) is 5.75 Å². The summed E-state index contributed by atoms with van der Waals surface area (Å²) in [4.78, 5) is 24.1. The molecule has 2 aromatic heterocycles. The van der Waals surface area contributed by atoms with E-state index in [0.717, 1.165) is 5.56 Å². The standard InChI is InChI=1S/C18H15IN4O4/c1-11-14(7-8-26-11)17(24)22-20-9-12-3-5-13(6-4-12)27-18(25)16-15(19)10-21-23(16)2/h3-10H,1-2H3,(H,22,24)/b20-9-. The number of hydrogen-bond donors (Lipinski definition) is 1. The fourth-order valence-electron chi connectivity index (χ4n) is 2.26. The number of aryl methyl sites for hydroxylation is 2. The average Bonchev–Trinajstić information content (AvgIpc) is 3.21. The van der Waals surface area contributed by atoms with Gasteiger partial charge in [0.15, 0.2) is 5.69 Å². The summed E-state index contributed by atoms with van der Waals surface area (Å²) in [7, 11) is 1.68. The molecule has 0 saturated carbocycles. The summed E-state index contributed by atoms with van der Waals surface area (Å²) >= 11 is 2.03. The summed E-state index contributed by atoms with van der Waals surface area (Å²) < 4.78 is 12.6. The smallest absolute Gasteiger partial charge is 0.363 e. The fraction of sp³-hybridized carbons (Fsp3) is 0.111. The molecule has 0 radical (unpaired) electrons. The Morgan fingerprint density at radius 2 is 2.04 bits per heavy atom. The van der Waals surface area contributed by atoms with Gasteiger partial charge in [0.25, 0.3) is 5.91 Å². The molecular weight excluding hydrogens is 463 g/mol. The molecule has 2 heterocycles. The molecule has 0 aliphatic carbocycles. The van der Waals surface area contributed by atoms with Crippen LogP contribution in [-0.4, -0.2) is 27.9 Å². The second kappa shape index (κ2) is 8.16. The zero-order chi connectivity index (χ0) is 19.4.